The van der Waals surface area contributed by atoms with Crippen molar-refractivity contribution in [2.24, 2.45) is 5.92 Å². The standard InChI is InChI=1S/C16H16FN3O2S/c1-10(21)23-9-11-6-16(22)20(8-11)15-7-14(18-19-15)12-2-4-13(17)5-3-12/h2-5,7,11H,6,8-9H2,1H3,(H,18,19). The van der Waals surface area contributed by atoms with Crippen molar-refractivity contribution in [1.29, 1.82) is 0 Å². The molecule has 1 aliphatic rings. The van der Waals surface area contributed by atoms with Gasteiger partial charge in [0.25, 0.3) is 0 Å². The normalized spacial score (nSPS) is 17.7. The van der Waals surface area contributed by atoms with E-state index >= 15 is 0 Å². The van der Waals surface area contributed by atoms with Crippen LogP contribution in [0.2, 0.25) is 0 Å². The summed E-state index contributed by atoms with van der Waals surface area (Å²) in [4.78, 5) is 24.8. The Morgan fingerprint density at radius 3 is 2.87 bits per heavy atom. The monoisotopic (exact) mass is 333 g/mol. The fourth-order valence-corrected chi connectivity index (χ4v) is 3.27. The molecule has 0 radical (unpaired) electrons. The van der Waals surface area contributed by atoms with E-state index in [1.165, 1.54) is 30.8 Å². The number of aromatic nitrogens is 2. The molecule has 23 heavy (non-hydrogen) atoms. The van der Waals surface area contributed by atoms with Gasteiger partial charge in [-0.15, -0.1) is 0 Å². The molecule has 1 fully saturated rings. The minimum Gasteiger partial charge on any atom is -0.295 e. The Morgan fingerprint density at radius 1 is 1.43 bits per heavy atom. The van der Waals surface area contributed by atoms with E-state index in [4.69, 9.17) is 0 Å². The number of amides is 1. The molecule has 0 saturated carbocycles. The Morgan fingerprint density at radius 2 is 2.17 bits per heavy atom. The third-order valence-electron chi connectivity index (χ3n) is 3.72. The van der Waals surface area contributed by atoms with Gasteiger partial charge in [-0.3, -0.25) is 19.6 Å². The Hall–Kier alpha value is -2.15. The summed E-state index contributed by atoms with van der Waals surface area (Å²) in [5.74, 6) is 1.07. The molecule has 3 rings (SSSR count). The average Bonchev–Trinajstić information content (AvgIpc) is 3.12. The Kier molecular flexibility index (Phi) is 4.47. The number of anilines is 1. The summed E-state index contributed by atoms with van der Waals surface area (Å²) in [6.07, 6.45) is 0.430. The van der Waals surface area contributed by atoms with Crippen molar-refractivity contribution in [2.45, 2.75) is 13.3 Å². The zero-order chi connectivity index (χ0) is 16.4. The van der Waals surface area contributed by atoms with Gasteiger partial charge in [0.1, 0.15) is 5.82 Å². The van der Waals surface area contributed by atoms with Gasteiger partial charge in [-0.05, 0) is 35.7 Å². The molecule has 2 heterocycles. The van der Waals surface area contributed by atoms with E-state index < -0.39 is 0 Å². The van der Waals surface area contributed by atoms with Gasteiger partial charge in [-0.2, -0.15) is 5.10 Å². The van der Waals surface area contributed by atoms with Crippen LogP contribution < -0.4 is 4.90 Å². The van der Waals surface area contributed by atoms with Crippen LogP contribution in [0.3, 0.4) is 0 Å². The number of halogens is 1. The smallest absolute Gasteiger partial charge is 0.228 e. The highest BCUT2D eigenvalue weighted by Crippen LogP contribution is 2.28. The number of thioether (sulfide) groups is 1. The second kappa shape index (κ2) is 6.54. The largest absolute Gasteiger partial charge is 0.295 e. The predicted molar refractivity (Wildman–Crippen MR) is 87.6 cm³/mol. The number of aromatic amines is 1. The zero-order valence-corrected chi connectivity index (χ0v) is 13.4. The molecule has 1 atom stereocenters. The van der Waals surface area contributed by atoms with Crippen LogP contribution in [-0.4, -0.2) is 33.5 Å². The highest BCUT2D eigenvalue weighted by atomic mass is 32.2. The van der Waals surface area contributed by atoms with Crippen molar-refractivity contribution >= 4 is 28.6 Å². The molecule has 1 N–H and O–H groups in total. The van der Waals surface area contributed by atoms with Gasteiger partial charge in [0, 0.05) is 31.7 Å². The van der Waals surface area contributed by atoms with Gasteiger partial charge in [-0.1, -0.05) is 11.8 Å². The summed E-state index contributed by atoms with van der Waals surface area (Å²) in [5, 5.41) is 7.13. The molecule has 1 aromatic heterocycles. The van der Waals surface area contributed by atoms with Crippen LogP contribution in [0.1, 0.15) is 13.3 Å². The average molecular weight is 333 g/mol. The lowest BCUT2D eigenvalue weighted by atomic mass is 10.1. The fraction of sp³-hybridized carbons (Fsp3) is 0.312. The number of carbonyl (C=O) groups is 2. The van der Waals surface area contributed by atoms with Crippen LogP contribution in [0.25, 0.3) is 11.3 Å². The van der Waals surface area contributed by atoms with Crippen molar-refractivity contribution in [2.75, 3.05) is 17.2 Å². The molecule has 1 aliphatic heterocycles. The topological polar surface area (TPSA) is 66.1 Å². The number of hydrogen-bond donors (Lipinski definition) is 1. The van der Waals surface area contributed by atoms with E-state index in [2.05, 4.69) is 10.2 Å². The number of nitrogens with zero attached hydrogens (tertiary/aromatic N) is 2. The lowest BCUT2D eigenvalue weighted by Crippen LogP contribution is -2.25. The quantitative estimate of drug-likeness (QED) is 0.934. The number of rotatable bonds is 4. The molecule has 120 valence electrons. The van der Waals surface area contributed by atoms with Gasteiger partial charge >= 0.3 is 0 Å². The molecule has 1 amide bonds. The van der Waals surface area contributed by atoms with Crippen LogP contribution in [0.5, 0.6) is 0 Å². The van der Waals surface area contributed by atoms with Crippen molar-refractivity contribution in [3.8, 4) is 11.3 Å². The summed E-state index contributed by atoms with van der Waals surface area (Å²) >= 11 is 1.25. The second-order valence-corrected chi connectivity index (χ2v) is 6.72. The lowest BCUT2D eigenvalue weighted by molar-refractivity contribution is -0.117. The third kappa shape index (κ3) is 3.61. The number of benzene rings is 1. The van der Waals surface area contributed by atoms with Gasteiger partial charge in [0.2, 0.25) is 5.91 Å². The fourth-order valence-electron chi connectivity index (χ4n) is 2.58. The molecule has 5 nitrogen and oxygen atoms in total. The van der Waals surface area contributed by atoms with Crippen LogP contribution in [0.15, 0.2) is 30.3 Å². The Labute approximate surface area is 137 Å². The molecule has 2 aromatic rings. The molecule has 0 aliphatic carbocycles. The summed E-state index contributed by atoms with van der Waals surface area (Å²) in [6.45, 7) is 2.09. The number of carbonyl (C=O) groups excluding carboxylic acids is 2. The molecule has 1 aromatic carbocycles. The van der Waals surface area contributed by atoms with Crippen molar-refractivity contribution in [1.82, 2.24) is 10.2 Å². The highest BCUT2D eigenvalue weighted by Gasteiger charge is 2.32. The zero-order valence-electron chi connectivity index (χ0n) is 12.6. The molecule has 0 bridgehead atoms. The SMILES string of the molecule is CC(=O)SCC1CC(=O)N(c2cc(-c3ccc(F)cc3)[nH]n2)C1. The molecular weight excluding hydrogens is 317 g/mol. The van der Waals surface area contributed by atoms with Crippen LogP contribution in [0.4, 0.5) is 10.2 Å². The van der Waals surface area contributed by atoms with Gasteiger partial charge in [0.15, 0.2) is 10.9 Å². The maximum absolute atomic E-state index is 13.0. The first-order valence-electron chi connectivity index (χ1n) is 7.28. The molecular formula is C16H16FN3O2S. The highest BCUT2D eigenvalue weighted by molar-refractivity contribution is 8.13. The minimum absolute atomic E-state index is 0.0105. The van der Waals surface area contributed by atoms with Gasteiger partial charge in [0.05, 0.1) is 5.69 Å². The van der Waals surface area contributed by atoms with Crippen molar-refractivity contribution < 1.29 is 14.0 Å². The van der Waals surface area contributed by atoms with Crippen molar-refractivity contribution in [3.05, 3.63) is 36.1 Å². The van der Waals surface area contributed by atoms with E-state index in [1.54, 1.807) is 23.1 Å². The van der Waals surface area contributed by atoms with Gasteiger partial charge < -0.3 is 0 Å². The van der Waals surface area contributed by atoms with E-state index in [-0.39, 0.29) is 22.8 Å². The first kappa shape index (κ1) is 15.7. The molecule has 1 unspecified atom stereocenters. The second-order valence-electron chi connectivity index (χ2n) is 5.52. The molecule has 1 saturated heterocycles. The van der Waals surface area contributed by atoms with E-state index in [1.807, 2.05) is 0 Å². The van der Waals surface area contributed by atoms with E-state index in [9.17, 15) is 14.0 Å². The number of hydrogen-bond acceptors (Lipinski definition) is 4. The summed E-state index contributed by atoms with van der Waals surface area (Å²) in [7, 11) is 0. The predicted octanol–water partition coefficient (Wildman–Crippen LogP) is 2.85. The van der Waals surface area contributed by atoms with Crippen LogP contribution in [0, 0.1) is 11.7 Å². The first-order chi connectivity index (χ1) is 11.0. The third-order valence-corrected chi connectivity index (χ3v) is 4.77. The minimum atomic E-state index is -0.297. The maximum Gasteiger partial charge on any atom is 0.228 e. The van der Waals surface area contributed by atoms with Crippen molar-refractivity contribution in [3.63, 3.8) is 0 Å². The van der Waals surface area contributed by atoms with Gasteiger partial charge in [-0.25, -0.2) is 4.39 Å². The number of nitrogens with one attached hydrogen (secondary N) is 1. The van der Waals surface area contributed by atoms with Crippen LogP contribution >= 0.6 is 11.8 Å². The summed E-state index contributed by atoms with van der Waals surface area (Å²) < 4.78 is 13.0. The Bertz CT molecular complexity index is 729. The first-order valence-corrected chi connectivity index (χ1v) is 8.26. The summed E-state index contributed by atoms with van der Waals surface area (Å²) in [5.41, 5.74) is 1.54. The van der Waals surface area contributed by atoms with Crippen LogP contribution in [-0.2, 0) is 9.59 Å². The van der Waals surface area contributed by atoms with E-state index in [0.717, 1.165) is 11.3 Å². The Balaban J connectivity index is 1.71. The number of H-pyrrole nitrogens is 1. The molecule has 0 spiro atoms. The lowest BCUT2D eigenvalue weighted by Gasteiger charge is -2.12. The summed E-state index contributed by atoms with van der Waals surface area (Å²) in [6, 6.07) is 7.86. The molecule has 7 heteroatoms. The van der Waals surface area contributed by atoms with E-state index in [0.29, 0.717) is 24.5 Å². The maximum atomic E-state index is 13.0.